The van der Waals surface area contributed by atoms with Crippen LogP contribution in [0, 0.1) is 11.8 Å². The van der Waals surface area contributed by atoms with E-state index >= 15 is 0 Å². The Morgan fingerprint density at radius 2 is 1.62 bits per heavy atom. The first-order valence-corrected chi connectivity index (χ1v) is 12.1. The molecule has 2 aliphatic heterocycles. The number of fused-ring (bicyclic) bond motifs is 1. The molecule has 2 N–H and O–H groups in total. The number of rotatable bonds is 6. The molecule has 2 aromatic carbocycles. The van der Waals surface area contributed by atoms with Crippen molar-refractivity contribution in [1.82, 2.24) is 10.2 Å². The van der Waals surface area contributed by atoms with E-state index < -0.39 is 41.5 Å². The molecule has 0 aromatic heterocycles. The van der Waals surface area contributed by atoms with Crippen LogP contribution in [-0.2, 0) is 23.9 Å². The van der Waals surface area contributed by atoms with E-state index in [4.69, 9.17) is 24.1 Å². The number of aliphatic carboxylic acids is 1. The SMILES string of the molecule is CCN1C(=O)C2C(c3ccc(-c4ccc(OC)cc4)c(OC)c3)N[C@@](C)(C(=O)OC)C2C1=O.O=C(O)C(F)(F)F. The number of ether oxygens (including phenoxy) is 3. The Bertz CT molecular complexity index is 1300. The molecule has 2 aromatic rings. The predicted octanol–water partition coefficient (Wildman–Crippen LogP) is 3.20. The smallest absolute Gasteiger partial charge is 0.490 e. The van der Waals surface area contributed by atoms with Gasteiger partial charge in [-0.25, -0.2) is 4.79 Å². The molecule has 0 bridgehead atoms. The minimum absolute atomic E-state index is 0.258. The molecule has 0 radical (unpaired) electrons. The highest BCUT2D eigenvalue weighted by Gasteiger charge is 2.66. The van der Waals surface area contributed by atoms with Crippen LogP contribution in [0.15, 0.2) is 42.5 Å². The highest BCUT2D eigenvalue weighted by Crippen LogP contribution is 2.49. The zero-order valence-electron chi connectivity index (χ0n) is 22.4. The minimum atomic E-state index is -5.08. The van der Waals surface area contributed by atoms with Crippen molar-refractivity contribution >= 4 is 23.8 Å². The summed E-state index contributed by atoms with van der Waals surface area (Å²) in [6.45, 7) is 3.64. The number of esters is 1. The van der Waals surface area contributed by atoms with Crippen LogP contribution in [0.3, 0.4) is 0 Å². The van der Waals surface area contributed by atoms with Gasteiger partial charge in [-0.1, -0.05) is 24.3 Å². The van der Waals surface area contributed by atoms with Gasteiger partial charge in [-0.3, -0.25) is 24.6 Å². The zero-order valence-corrected chi connectivity index (χ0v) is 22.4. The topological polar surface area (TPSA) is 131 Å². The lowest BCUT2D eigenvalue weighted by molar-refractivity contribution is -0.192. The number of hydrogen-bond acceptors (Lipinski definition) is 8. The predicted molar refractivity (Wildman–Crippen MR) is 134 cm³/mol. The van der Waals surface area contributed by atoms with E-state index in [9.17, 15) is 27.6 Å². The molecule has 13 heteroatoms. The number of benzene rings is 2. The standard InChI is InChI=1S/C25H28N2O6.C2HF3O2/c1-6-27-22(28)19-20(23(27)29)25(2,24(30)33-5)26-21(19)15-9-12-17(18(13-15)32-4)14-7-10-16(31-3)11-8-14;3-2(4,5)1(6)7/h7-13,19-21,26H,6H2,1-5H3;(H,6,7)/t19?,20?,21?,25-;/m1./s1. The molecule has 216 valence electrons. The molecule has 4 atom stereocenters. The third kappa shape index (κ3) is 5.46. The lowest BCUT2D eigenvalue weighted by Crippen LogP contribution is -2.53. The molecular weight excluding hydrogens is 537 g/mol. The molecule has 2 saturated heterocycles. The first-order chi connectivity index (χ1) is 18.7. The Morgan fingerprint density at radius 3 is 2.10 bits per heavy atom. The molecule has 3 unspecified atom stereocenters. The highest BCUT2D eigenvalue weighted by atomic mass is 19.4. The molecule has 2 amide bonds. The summed E-state index contributed by atoms with van der Waals surface area (Å²) in [5, 5.41) is 10.4. The number of methoxy groups -OCH3 is 3. The second-order valence-corrected chi connectivity index (χ2v) is 9.23. The number of nitrogens with one attached hydrogen (secondary N) is 1. The second-order valence-electron chi connectivity index (χ2n) is 9.23. The molecule has 0 aliphatic carbocycles. The highest BCUT2D eigenvalue weighted by molar-refractivity contribution is 6.09. The van der Waals surface area contributed by atoms with E-state index in [2.05, 4.69) is 5.32 Å². The average molecular weight is 567 g/mol. The summed E-state index contributed by atoms with van der Waals surface area (Å²) < 4.78 is 47.6. The van der Waals surface area contributed by atoms with Gasteiger partial charge >= 0.3 is 18.1 Å². The largest absolute Gasteiger partial charge is 0.497 e. The Hall–Kier alpha value is -4.13. The fraction of sp³-hybridized carbons (Fsp3) is 0.407. The van der Waals surface area contributed by atoms with Gasteiger partial charge in [0.05, 0.1) is 33.2 Å². The summed E-state index contributed by atoms with van der Waals surface area (Å²) in [6.07, 6.45) is -5.08. The van der Waals surface area contributed by atoms with Crippen LogP contribution in [-0.4, -0.2) is 73.3 Å². The van der Waals surface area contributed by atoms with E-state index in [1.165, 1.54) is 12.0 Å². The molecule has 4 rings (SSSR count). The Labute approximate surface area is 228 Å². The van der Waals surface area contributed by atoms with E-state index in [1.807, 2.05) is 42.5 Å². The number of imide groups is 1. The summed E-state index contributed by atoms with van der Waals surface area (Å²) in [4.78, 5) is 49.1. The van der Waals surface area contributed by atoms with Crippen molar-refractivity contribution in [2.45, 2.75) is 31.6 Å². The number of carbonyl (C=O) groups excluding carboxylic acids is 3. The number of carboxylic acid groups (broad SMARTS) is 1. The summed E-state index contributed by atoms with van der Waals surface area (Å²) in [5.41, 5.74) is 1.26. The monoisotopic (exact) mass is 566 g/mol. The molecule has 40 heavy (non-hydrogen) atoms. The quantitative estimate of drug-likeness (QED) is 0.400. The van der Waals surface area contributed by atoms with Crippen LogP contribution in [0.25, 0.3) is 11.1 Å². The maximum absolute atomic E-state index is 13.2. The zero-order chi connectivity index (χ0) is 30.0. The lowest BCUT2D eigenvalue weighted by Gasteiger charge is -2.28. The Morgan fingerprint density at radius 1 is 1.02 bits per heavy atom. The van der Waals surface area contributed by atoms with E-state index in [0.29, 0.717) is 5.75 Å². The van der Waals surface area contributed by atoms with Crippen LogP contribution in [0.5, 0.6) is 11.5 Å². The third-order valence-corrected chi connectivity index (χ3v) is 7.03. The number of likely N-dealkylation sites (tertiary alicyclic amines) is 1. The van der Waals surface area contributed by atoms with Gasteiger partial charge in [0, 0.05) is 18.2 Å². The van der Waals surface area contributed by atoms with Crippen molar-refractivity contribution < 1.29 is 51.7 Å². The van der Waals surface area contributed by atoms with Gasteiger partial charge in [0.25, 0.3) is 0 Å². The van der Waals surface area contributed by atoms with Gasteiger partial charge in [-0.2, -0.15) is 13.2 Å². The van der Waals surface area contributed by atoms with Gasteiger partial charge in [0.1, 0.15) is 17.0 Å². The summed E-state index contributed by atoms with van der Waals surface area (Å²) >= 11 is 0. The second kappa shape index (κ2) is 11.5. The normalized spacial score (nSPS) is 23.7. The van der Waals surface area contributed by atoms with Crippen molar-refractivity contribution in [3.05, 3.63) is 48.0 Å². The average Bonchev–Trinajstić information content (AvgIpc) is 3.39. The summed E-state index contributed by atoms with van der Waals surface area (Å²) in [6, 6.07) is 12.7. The molecular formula is C27H29F3N2O8. The maximum atomic E-state index is 13.2. The third-order valence-electron chi connectivity index (χ3n) is 7.03. The molecule has 2 fully saturated rings. The molecule has 2 heterocycles. The fourth-order valence-corrected chi connectivity index (χ4v) is 5.11. The van der Waals surface area contributed by atoms with Gasteiger partial charge in [0.15, 0.2) is 0 Å². The number of amides is 2. The van der Waals surface area contributed by atoms with E-state index in [1.54, 1.807) is 28.1 Å². The van der Waals surface area contributed by atoms with Crippen molar-refractivity contribution in [2.75, 3.05) is 27.9 Å². The summed E-state index contributed by atoms with van der Waals surface area (Å²) in [7, 11) is 4.48. The molecule has 0 saturated carbocycles. The fourth-order valence-electron chi connectivity index (χ4n) is 5.11. The van der Waals surface area contributed by atoms with Crippen molar-refractivity contribution in [1.29, 1.82) is 0 Å². The summed E-state index contributed by atoms with van der Waals surface area (Å²) in [5.74, 6) is -4.14. The van der Waals surface area contributed by atoms with Crippen LogP contribution in [0.2, 0.25) is 0 Å². The van der Waals surface area contributed by atoms with Gasteiger partial charge < -0.3 is 19.3 Å². The number of hydrogen-bond donors (Lipinski definition) is 2. The number of halogens is 3. The maximum Gasteiger partial charge on any atom is 0.490 e. The Balaban J connectivity index is 0.000000559. The van der Waals surface area contributed by atoms with Gasteiger partial charge in [-0.15, -0.1) is 0 Å². The number of carbonyl (C=O) groups is 4. The number of carboxylic acids is 1. The number of nitrogens with zero attached hydrogens (tertiary/aromatic N) is 1. The Kier molecular flexibility index (Phi) is 8.78. The lowest BCUT2D eigenvalue weighted by atomic mass is 9.80. The van der Waals surface area contributed by atoms with Gasteiger partial charge in [0.2, 0.25) is 11.8 Å². The van der Waals surface area contributed by atoms with Crippen LogP contribution >= 0.6 is 0 Å². The van der Waals surface area contributed by atoms with E-state index in [-0.39, 0.29) is 18.4 Å². The first-order valence-electron chi connectivity index (χ1n) is 12.1. The minimum Gasteiger partial charge on any atom is -0.497 e. The van der Waals surface area contributed by atoms with Crippen molar-refractivity contribution in [3.63, 3.8) is 0 Å². The van der Waals surface area contributed by atoms with Crippen LogP contribution in [0.1, 0.15) is 25.5 Å². The van der Waals surface area contributed by atoms with Gasteiger partial charge in [-0.05, 0) is 43.2 Å². The molecule has 0 spiro atoms. The molecule has 10 nitrogen and oxygen atoms in total. The first kappa shape index (κ1) is 30.4. The van der Waals surface area contributed by atoms with Crippen LogP contribution < -0.4 is 14.8 Å². The van der Waals surface area contributed by atoms with E-state index in [0.717, 1.165) is 22.4 Å². The van der Waals surface area contributed by atoms with Crippen LogP contribution in [0.4, 0.5) is 13.2 Å². The van der Waals surface area contributed by atoms with Crippen molar-refractivity contribution in [2.24, 2.45) is 11.8 Å². The van der Waals surface area contributed by atoms with Crippen molar-refractivity contribution in [3.8, 4) is 22.6 Å². The number of alkyl halides is 3. The molecule has 2 aliphatic rings.